The molecule has 0 aliphatic carbocycles. The van der Waals surface area contributed by atoms with Crippen LogP contribution in [0.2, 0.25) is 0 Å². The van der Waals surface area contributed by atoms with E-state index < -0.39 is 0 Å². The van der Waals surface area contributed by atoms with Crippen LogP contribution < -0.4 is 5.32 Å². The van der Waals surface area contributed by atoms with Gasteiger partial charge in [0.05, 0.1) is 0 Å². The normalized spacial score (nSPS) is 10.7. The fraction of sp³-hybridized carbons (Fsp3) is 0.312. The summed E-state index contributed by atoms with van der Waals surface area (Å²) < 4.78 is 13.4. The molecule has 2 rings (SSSR count). The van der Waals surface area contributed by atoms with E-state index in [1.807, 2.05) is 25.4 Å². The molecule has 0 fully saturated rings. The Labute approximate surface area is 113 Å². The number of hydrogen-bond donors (Lipinski definition) is 1. The Bertz CT molecular complexity index is 552. The Morgan fingerprint density at radius 3 is 2.79 bits per heavy atom. The molecule has 2 nitrogen and oxygen atoms in total. The van der Waals surface area contributed by atoms with Crippen molar-refractivity contribution in [1.82, 2.24) is 10.3 Å². The minimum atomic E-state index is -0.197. The van der Waals surface area contributed by atoms with Crippen LogP contribution in [0.3, 0.4) is 0 Å². The average Bonchev–Trinajstić information content (AvgIpc) is 2.39. The summed E-state index contributed by atoms with van der Waals surface area (Å²) in [5, 5.41) is 3.32. The van der Waals surface area contributed by atoms with Crippen LogP contribution in [0.15, 0.2) is 36.7 Å². The average molecular weight is 258 g/mol. The number of halogens is 1. The smallest absolute Gasteiger partial charge is 0.123 e. The molecule has 2 aromatic rings. The first-order valence-electron chi connectivity index (χ1n) is 6.62. The van der Waals surface area contributed by atoms with Gasteiger partial charge >= 0.3 is 0 Å². The van der Waals surface area contributed by atoms with Gasteiger partial charge in [-0.25, -0.2) is 4.39 Å². The van der Waals surface area contributed by atoms with Crippen LogP contribution in [0.4, 0.5) is 4.39 Å². The van der Waals surface area contributed by atoms with Crippen LogP contribution >= 0.6 is 0 Å². The van der Waals surface area contributed by atoms with Crippen LogP contribution in [-0.4, -0.2) is 11.5 Å². The summed E-state index contributed by atoms with van der Waals surface area (Å²) in [4.78, 5) is 4.21. The van der Waals surface area contributed by atoms with Gasteiger partial charge in [0.25, 0.3) is 0 Å². The molecule has 0 aliphatic rings. The van der Waals surface area contributed by atoms with E-state index in [2.05, 4.69) is 23.3 Å². The van der Waals surface area contributed by atoms with E-state index in [0.29, 0.717) is 6.54 Å². The summed E-state index contributed by atoms with van der Waals surface area (Å²) in [6.45, 7) is 5.73. The summed E-state index contributed by atoms with van der Waals surface area (Å²) >= 11 is 0. The van der Waals surface area contributed by atoms with Gasteiger partial charge in [0.2, 0.25) is 0 Å². The first kappa shape index (κ1) is 13.7. The SMILES string of the molecule is CCCNCc1cc(F)ccc1-c1cncc(C)c1. The Balaban J connectivity index is 2.33. The molecule has 0 saturated carbocycles. The predicted octanol–water partition coefficient (Wildman–Crippen LogP) is 3.70. The number of aromatic nitrogens is 1. The van der Waals surface area contributed by atoms with Crippen molar-refractivity contribution in [2.75, 3.05) is 6.54 Å². The molecule has 1 heterocycles. The summed E-state index contributed by atoms with van der Waals surface area (Å²) in [5.74, 6) is -0.197. The van der Waals surface area contributed by atoms with Crippen LogP contribution in [0.5, 0.6) is 0 Å². The Kier molecular flexibility index (Phi) is 4.63. The van der Waals surface area contributed by atoms with E-state index in [-0.39, 0.29) is 5.82 Å². The second-order valence-electron chi connectivity index (χ2n) is 4.73. The molecular formula is C16H19FN2. The Hall–Kier alpha value is -1.74. The Morgan fingerprint density at radius 1 is 1.21 bits per heavy atom. The highest BCUT2D eigenvalue weighted by molar-refractivity contribution is 5.67. The third-order valence-electron chi connectivity index (χ3n) is 3.00. The third-order valence-corrected chi connectivity index (χ3v) is 3.00. The molecule has 3 heteroatoms. The summed E-state index contributed by atoms with van der Waals surface area (Å²) in [7, 11) is 0. The van der Waals surface area contributed by atoms with Crippen LogP contribution in [0, 0.1) is 12.7 Å². The molecule has 0 radical (unpaired) electrons. The van der Waals surface area contributed by atoms with Gasteiger partial charge in [-0.3, -0.25) is 4.98 Å². The van der Waals surface area contributed by atoms with Gasteiger partial charge in [-0.1, -0.05) is 13.0 Å². The molecule has 19 heavy (non-hydrogen) atoms. The highest BCUT2D eigenvalue weighted by Gasteiger charge is 2.07. The number of nitrogens with one attached hydrogen (secondary N) is 1. The van der Waals surface area contributed by atoms with Gasteiger partial charge < -0.3 is 5.32 Å². The van der Waals surface area contributed by atoms with Gasteiger partial charge in [-0.2, -0.15) is 0 Å². The number of pyridine rings is 1. The zero-order chi connectivity index (χ0) is 13.7. The number of aryl methyl sites for hydroxylation is 1. The molecule has 0 atom stereocenters. The van der Waals surface area contributed by atoms with Crippen molar-refractivity contribution < 1.29 is 4.39 Å². The summed E-state index contributed by atoms with van der Waals surface area (Å²) in [6.07, 6.45) is 4.71. The first-order chi connectivity index (χ1) is 9.20. The predicted molar refractivity (Wildman–Crippen MR) is 76.4 cm³/mol. The molecule has 1 aromatic carbocycles. The van der Waals surface area contributed by atoms with Crippen LogP contribution in [0.1, 0.15) is 24.5 Å². The van der Waals surface area contributed by atoms with Gasteiger partial charge in [-0.05, 0) is 54.8 Å². The van der Waals surface area contributed by atoms with Crippen molar-refractivity contribution in [1.29, 1.82) is 0 Å². The molecule has 0 aliphatic heterocycles. The quantitative estimate of drug-likeness (QED) is 0.827. The fourth-order valence-corrected chi connectivity index (χ4v) is 2.09. The lowest BCUT2D eigenvalue weighted by Crippen LogP contribution is -2.14. The number of nitrogens with zero attached hydrogens (tertiary/aromatic N) is 1. The first-order valence-corrected chi connectivity index (χ1v) is 6.62. The summed E-state index contributed by atoms with van der Waals surface area (Å²) in [5.41, 5.74) is 4.16. The maximum absolute atomic E-state index is 13.4. The van der Waals surface area contributed by atoms with E-state index in [1.165, 1.54) is 6.07 Å². The molecule has 0 amide bonds. The van der Waals surface area contributed by atoms with E-state index in [4.69, 9.17) is 0 Å². The number of rotatable bonds is 5. The molecule has 1 aromatic heterocycles. The molecule has 0 unspecified atom stereocenters. The van der Waals surface area contributed by atoms with Crippen molar-refractivity contribution in [3.63, 3.8) is 0 Å². The lowest BCUT2D eigenvalue weighted by Gasteiger charge is -2.11. The molecule has 0 bridgehead atoms. The van der Waals surface area contributed by atoms with Crippen molar-refractivity contribution in [2.24, 2.45) is 0 Å². The third kappa shape index (κ3) is 3.61. The van der Waals surface area contributed by atoms with E-state index in [0.717, 1.165) is 35.2 Å². The monoisotopic (exact) mass is 258 g/mol. The molecule has 1 N–H and O–H groups in total. The second-order valence-corrected chi connectivity index (χ2v) is 4.73. The van der Waals surface area contributed by atoms with Crippen molar-refractivity contribution >= 4 is 0 Å². The topological polar surface area (TPSA) is 24.9 Å². The Morgan fingerprint density at radius 2 is 2.05 bits per heavy atom. The molecule has 0 saturated heterocycles. The highest BCUT2D eigenvalue weighted by Crippen LogP contribution is 2.24. The van der Waals surface area contributed by atoms with Crippen LogP contribution in [-0.2, 0) is 6.54 Å². The maximum Gasteiger partial charge on any atom is 0.123 e. The second kappa shape index (κ2) is 6.43. The van der Waals surface area contributed by atoms with Gasteiger partial charge in [-0.15, -0.1) is 0 Å². The minimum Gasteiger partial charge on any atom is -0.313 e. The molecule has 0 spiro atoms. The zero-order valence-electron chi connectivity index (χ0n) is 11.4. The zero-order valence-corrected chi connectivity index (χ0v) is 11.4. The van der Waals surface area contributed by atoms with Crippen molar-refractivity contribution in [3.05, 3.63) is 53.6 Å². The molecule has 100 valence electrons. The van der Waals surface area contributed by atoms with Crippen molar-refractivity contribution in [2.45, 2.75) is 26.8 Å². The van der Waals surface area contributed by atoms with Gasteiger partial charge in [0.1, 0.15) is 5.82 Å². The number of benzene rings is 1. The minimum absolute atomic E-state index is 0.197. The fourth-order valence-electron chi connectivity index (χ4n) is 2.09. The summed E-state index contributed by atoms with van der Waals surface area (Å²) in [6, 6.07) is 7.00. The van der Waals surface area contributed by atoms with Gasteiger partial charge in [0.15, 0.2) is 0 Å². The van der Waals surface area contributed by atoms with Crippen molar-refractivity contribution in [3.8, 4) is 11.1 Å². The van der Waals surface area contributed by atoms with E-state index in [1.54, 1.807) is 6.07 Å². The molecular weight excluding hydrogens is 239 g/mol. The lowest BCUT2D eigenvalue weighted by atomic mass is 10.00. The van der Waals surface area contributed by atoms with Gasteiger partial charge in [0, 0.05) is 24.5 Å². The highest BCUT2D eigenvalue weighted by atomic mass is 19.1. The largest absolute Gasteiger partial charge is 0.313 e. The van der Waals surface area contributed by atoms with E-state index >= 15 is 0 Å². The van der Waals surface area contributed by atoms with Crippen LogP contribution in [0.25, 0.3) is 11.1 Å². The standard InChI is InChI=1S/C16H19FN2/c1-3-6-18-10-14-8-15(17)4-5-16(14)13-7-12(2)9-19-11-13/h4-5,7-9,11,18H,3,6,10H2,1-2H3. The van der Waals surface area contributed by atoms with E-state index in [9.17, 15) is 4.39 Å². The lowest BCUT2D eigenvalue weighted by molar-refractivity contribution is 0.619. The maximum atomic E-state index is 13.4. The number of hydrogen-bond acceptors (Lipinski definition) is 2.